The number of anilines is 1. The van der Waals surface area contributed by atoms with Crippen molar-refractivity contribution in [3.8, 4) is 0 Å². The van der Waals surface area contributed by atoms with Crippen LogP contribution in [0.5, 0.6) is 0 Å². The molecule has 2 heterocycles. The van der Waals surface area contributed by atoms with Crippen molar-refractivity contribution in [2.24, 2.45) is 5.92 Å². The molecule has 2 aliphatic heterocycles. The Morgan fingerprint density at radius 1 is 1.35 bits per heavy atom. The van der Waals surface area contributed by atoms with Crippen LogP contribution in [-0.4, -0.2) is 54.9 Å². The number of piperidine rings is 1. The molecule has 1 amide bonds. The zero-order valence-corrected chi connectivity index (χ0v) is 13.5. The van der Waals surface area contributed by atoms with E-state index in [9.17, 15) is 9.90 Å². The molecule has 2 fully saturated rings. The Morgan fingerprint density at radius 3 is 3.04 bits per heavy atom. The van der Waals surface area contributed by atoms with Gasteiger partial charge in [-0.2, -0.15) is 0 Å². The van der Waals surface area contributed by atoms with Crippen LogP contribution in [0.3, 0.4) is 0 Å². The number of carbonyl (C=O) groups excluding carboxylic acids is 1. The van der Waals surface area contributed by atoms with Crippen LogP contribution in [0.25, 0.3) is 0 Å². The van der Waals surface area contributed by atoms with Crippen molar-refractivity contribution in [2.75, 3.05) is 38.2 Å². The predicted molar refractivity (Wildman–Crippen MR) is 89.6 cm³/mol. The number of nitrogens with zero attached hydrogens (tertiary/aromatic N) is 1. The highest BCUT2D eigenvalue weighted by Gasteiger charge is 2.24. The third kappa shape index (κ3) is 4.24. The Labute approximate surface area is 137 Å². The first-order valence-electron chi connectivity index (χ1n) is 8.61. The zero-order valence-electron chi connectivity index (χ0n) is 13.5. The topological polar surface area (TPSA) is 61.8 Å². The molecule has 3 rings (SSSR count). The summed E-state index contributed by atoms with van der Waals surface area (Å²) in [4.78, 5) is 14.6. The summed E-state index contributed by atoms with van der Waals surface area (Å²) < 4.78 is 5.49. The van der Waals surface area contributed by atoms with Crippen molar-refractivity contribution in [1.82, 2.24) is 4.90 Å². The van der Waals surface area contributed by atoms with Crippen molar-refractivity contribution in [3.05, 3.63) is 29.8 Å². The number of aliphatic hydroxyl groups is 1. The summed E-state index contributed by atoms with van der Waals surface area (Å²) >= 11 is 0. The highest BCUT2D eigenvalue weighted by atomic mass is 16.5. The van der Waals surface area contributed by atoms with Crippen LogP contribution in [0.1, 0.15) is 36.0 Å². The van der Waals surface area contributed by atoms with Crippen LogP contribution in [-0.2, 0) is 4.74 Å². The number of hydrogen-bond acceptors (Lipinski definition) is 4. The molecular weight excluding hydrogens is 292 g/mol. The first-order chi connectivity index (χ1) is 11.3. The van der Waals surface area contributed by atoms with Crippen molar-refractivity contribution < 1.29 is 14.6 Å². The lowest BCUT2D eigenvalue weighted by Crippen LogP contribution is -2.41. The van der Waals surface area contributed by atoms with Gasteiger partial charge in [-0.15, -0.1) is 0 Å². The quantitative estimate of drug-likeness (QED) is 0.893. The number of nitrogens with one attached hydrogen (secondary N) is 1. The number of aliphatic hydroxyl groups excluding tert-OH is 1. The monoisotopic (exact) mass is 318 g/mol. The third-order valence-electron chi connectivity index (χ3n) is 4.71. The van der Waals surface area contributed by atoms with E-state index in [2.05, 4.69) is 5.32 Å². The first kappa shape index (κ1) is 16.3. The molecule has 0 spiro atoms. The fraction of sp³-hybridized carbons (Fsp3) is 0.611. The molecule has 2 saturated heterocycles. The van der Waals surface area contributed by atoms with E-state index in [1.807, 2.05) is 29.2 Å². The molecule has 2 N–H and O–H groups in total. The smallest absolute Gasteiger partial charge is 0.253 e. The summed E-state index contributed by atoms with van der Waals surface area (Å²) in [5, 5.41) is 12.8. The van der Waals surface area contributed by atoms with Crippen LogP contribution in [0.4, 0.5) is 5.69 Å². The molecule has 23 heavy (non-hydrogen) atoms. The Hall–Kier alpha value is -1.59. The van der Waals surface area contributed by atoms with E-state index >= 15 is 0 Å². The minimum absolute atomic E-state index is 0.0618. The lowest BCUT2D eigenvalue weighted by molar-refractivity contribution is 0.0621. The highest BCUT2D eigenvalue weighted by molar-refractivity contribution is 5.95. The summed E-state index contributed by atoms with van der Waals surface area (Å²) in [5.74, 6) is 0.278. The zero-order chi connectivity index (χ0) is 16.1. The highest BCUT2D eigenvalue weighted by Crippen LogP contribution is 2.21. The Kier molecular flexibility index (Phi) is 5.51. The molecule has 126 valence electrons. The number of ether oxygens (including phenoxy) is 1. The normalized spacial score (nSPS) is 25.2. The molecule has 0 bridgehead atoms. The van der Waals surface area contributed by atoms with Gasteiger partial charge in [0, 0.05) is 43.6 Å². The predicted octanol–water partition coefficient (Wildman–Crippen LogP) is 2.12. The van der Waals surface area contributed by atoms with Gasteiger partial charge in [0.2, 0.25) is 0 Å². The van der Waals surface area contributed by atoms with E-state index in [0.29, 0.717) is 18.2 Å². The minimum atomic E-state index is 0.0618. The molecule has 0 saturated carbocycles. The van der Waals surface area contributed by atoms with Gasteiger partial charge >= 0.3 is 0 Å². The van der Waals surface area contributed by atoms with Crippen LogP contribution < -0.4 is 5.32 Å². The van der Waals surface area contributed by atoms with Crippen molar-refractivity contribution in [2.45, 2.75) is 31.7 Å². The van der Waals surface area contributed by atoms with E-state index < -0.39 is 0 Å². The maximum atomic E-state index is 12.7. The molecule has 2 atom stereocenters. The molecule has 0 radical (unpaired) electrons. The first-order valence-corrected chi connectivity index (χ1v) is 8.61. The van der Waals surface area contributed by atoms with Gasteiger partial charge in [-0.25, -0.2) is 0 Å². The van der Waals surface area contributed by atoms with Crippen LogP contribution in [0.15, 0.2) is 24.3 Å². The largest absolute Gasteiger partial charge is 0.396 e. The van der Waals surface area contributed by atoms with Gasteiger partial charge in [-0.3, -0.25) is 4.79 Å². The summed E-state index contributed by atoms with van der Waals surface area (Å²) in [7, 11) is 0. The van der Waals surface area contributed by atoms with Gasteiger partial charge in [-0.1, -0.05) is 6.07 Å². The third-order valence-corrected chi connectivity index (χ3v) is 4.71. The standard InChI is InChI=1S/C18H26N2O3/c21-12-14-4-2-8-20(11-14)18(22)15-5-1-6-16(10-15)19-17-7-3-9-23-13-17/h1,5-6,10,14,17,19,21H,2-4,7-9,11-13H2. The van der Waals surface area contributed by atoms with Gasteiger partial charge < -0.3 is 20.1 Å². The maximum absolute atomic E-state index is 12.7. The molecule has 2 aliphatic rings. The minimum Gasteiger partial charge on any atom is -0.396 e. The van der Waals surface area contributed by atoms with Crippen molar-refractivity contribution in [1.29, 1.82) is 0 Å². The Bertz CT molecular complexity index is 529. The number of benzene rings is 1. The average Bonchev–Trinajstić information content (AvgIpc) is 2.62. The molecule has 0 aromatic heterocycles. The van der Waals surface area contributed by atoms with Gasteiger partial charge in [0.25, 0.3) is 5.91 Å². The second-order valence-corrected chi connectivity index (χ2v) is 6.58. The number of carbonyl (C=O) groups is 1. The second-order valence-electron chi connectivity index (χ2n) is 6.58. The van der Waals surface area contributed by atoms with Crippen molar-refractivity contribution in [3.63, 3.8) is 0 Å². The summed E-state index contributed by atoms with van der Waals surface area (Å²) in [6, 6.07) is 8.04. The number of hydrogen-bond donors (Lipinski definition) is 2. The molecule has 1 aromatic rings. The number of amides is 1. The number of likely N-dealkylation sites (tertiary alicyclic amines) is 1. The van der Waals surface area contributed by atoms with E-state index in [0.717, 1.165) is 51.1 Å². The SMILES string of the molecule is O=C(c1cccc(NC2CCCOC2)c1)N1CCCC(CO)C1. The lowest BCUT2D eigenvalue weighted by Gasteiger charge is -2.32. The molecular formula is C18H26N2O3. The fourth-order valence-corrected chi connectivity index (χ4v) is 3.41. The molecule has 2 unspecified atom stereocenters. The second kappa shape index (κ2) is 7.79. The fourth-order valence-electron chi connectivity index (χ4n) is 3.41. The van der Waals surface area contributed by atoms with Crippen molar-refractivity contribution >= 4 is 11.6 Å². The van der Waals surface area contributed by atoms with Gasteiger partial charge in [0.15, 0.2) is 0 Å². The summed E-state index contributed by atoms with van der Waals surface area (Å²) in [6.45, 7) is 3.17. The van der Waals surface area contributed by atoms with E-state index in [1.165, 1.54) is 0 Å². The molecule has 5 nitrogen and oxygen atoms in total. The molecule has 0 aliphatic carbocycles. The Balaban J connectivity index is 1.65. The molecule has 1 aromatic carbocycles. The van der Waals surface area contributed by atoms with Crippen LogP contribution in [0, 0.1) is 5.92 Å². The number of rotatable bonds is 4. The van der Waals surface area contributed by atoms with E-state index in [1.54, 1.807) is 0 Å². The molecule has 5 heteroatoms. The van der Waals surface area contributed by atoms with Gasteiger partial charge in [-0.05, 0) is 49.8 Å². The Morgan fingerprint density at radius 2 is 2.26 bits per heavy atom. The lowest BCUT2D eigenvalue weighted by atomic mass is 9.98. The van der Waals surface area contributed by atoms with Crippen LogP contribution >= 0.6 is 0 Å². The summed E-state index contributed by atoms with van der Waals surface area (Å²) in [6.07, 6.45) is 4.15. The van der Waals surface area contributed by atoms with E-state index in [-0.39, 0.29) is 18.4 Å². The van der Waals surface area contributed by atoms with Gasteiger partial charge in [0.1, 0.15) is 0 Å². The summed E-state index contributed by atoms with van der Waals surface area (Å²) in [5.41, 5.74) is 1.69. The van der Waals surface area contributed by atoms with Crippen LogP contribution in [0.2, 0.25) is 0 Å². The van der Waals surface area contributed by atoms with Gasteiger partial charge in [0.05, 0.1) is 6.61 Å². The maximum Gasteiger partial charge on any atom is 0.253 e. The van der Waals surface area contributed by atoms with E-state index in [4.69, 9.17) is 4.74 Å². The average molecular weight is 318 g/mol.